The first-order valence-electron chi connectivity index (χ1n) is 14.8. The van der Waals surface area contributed by atoms with E-state index in [2.05, 4.69) is 15.6 Å². The van der Waals surface area contributed by atoms with Crippen LogP contribution in [-0.2, 0) is 14.4 Å². The van der Waals surface area contributed by atoms with Crippen LogP contribution in [0.2, 0.25) is 0 Å². The van der Waals surface area contributed by atoms with Crippen LogP contribution in [0.5, 0.6) is 5.88 Å². The van der Waals surface area contributed by atoms with Crippen LogP contribution < -0.4 is 15.4 Å². The van der Waals surface area contributed by atoms with Gasteiger partial charge in [0.25, 0.3) is 0 Å². The third-order valence-electron chi connectivity index (χ3n) is 8.65. The molecular weight excluding hydrogens is 532 g/mol. The van der Waals surface area contributed by atoms with Gasteiger partial charge in [0.2, 0.25) is 17.7 Å². The highest BCUT2D eigenvalue weighted by Crippen LogP contribution is 2.45. The molecule has 3 aromatic rings. The summed E-state index contributed by atoms with van der Waals surface area (Å²) in [5.41, 5.74) is -0.518. The van der Waals surface area contributed by atoms with Crippen molar-refractivity contribution < 1.29 is 24.2 Å². The zero-order chi connectivity index (χ0) is 29.1. The molecule has 2 fully saturated rings. The normalized spacial score (nSPS) is 28.1. The Kier molecular flexibility index (Phi) is 7.82. The molecule has 1 aliphatic carbocycles. The molecule has 2 aromatic carbocycles. The molecule has 1 saturated heterocycles. The van der Waals surface area contributed by atoms with Gasteiger partial charge in [-0.05, 0) is 55.3 Å². The first kappa shape index (κ1) is 27.8. The molecule has 5 atom stereocenters. The number of carbonyl (C=O) groups excluding carboxylic acids is 2. The number of aliphatic carboxylic acids is 1. The number of carboxylic acid groups (broad SMARTS) is 1. The first-order valence-corrected chi connectivity index (χ1v) is 14.8. The van der Waals surface area contributed by atoms with Gasteiger partial charge in [0.15, 0.2) is 0 Å². The van der Waals surface area contributed by atoms with Crippen LogP contribution in [-0.4, -0.2) is 63.0 Å². The Morgan fingerprint density at radius 3 is 2.69 bits per heavy atom. The number of carboxylic acids is 1. The van der Waals surface area contributed by atoms with Crippen LogP contribution in [0.3, 0.4) is 0 Å². The second kappa shape index (κ2) is 11.8. The van der Waals surface area contributed by atoms with E-state index in [1.165, 1.54) is 0 Å². The molecule has 0 bridgehead atoms. The van der Waals surface area contributed by atoms with E-state index in [1.54, 1.807) is 11.1 Å². The van der Waals surface area contributed by atoms with E-state index >= 15 is 0 Å². The van der Waals surface area contributed by atoms with Crippen LogP contribution in [0.25, 0.3) is 10.8 Å². The molecule has 1 aromatic heterocycles. The van der Waals surface area contributed by atoms with Crippen molar-refractivity contribution in [3.8, 4) is 5.88 Å². The SMILES string of the molecule is O=C1N[C@]2(C(=O)O)C[C@H]2C=CCCCCC[C@H](Nc2ccccc2)C(=O)N2C[C@H](Oc3nccc4ccccc34)C[C@@H]12. The van der Waals surface area contributed by atoms with Crippen molar-refractivity contribution in [2.24, 2.45) is 5.92 Å². The van der Waals surface area contributed by atoms with Crippen LogP contribution in [0.1, 0.15) is 44.9 Å². The van der Waals surface area contributed by atoms with E-state index in [0.29, 0.717) is 18.7 Å². The number of nitrogens with zero attached hydrogens (tertiary/aromatic N) is 2. The minimum Gasteiger partial charge on any atom is -0.479 e. The van der Waals surface area contributed by atoms with Gasteiger partial charge in [-0.15, -0.1) is 0 Å². The molecule has 0 spiro atoms. The smallest absolute Gasteiger partial charge is 0.330 e. The molecule has 42 heavy (non-hydrogen) atoms. The predicted molar refractivity (Wildman–Crippen MR) is 159 cm³/mol. The highest BCUT2D eigenvalue weighted by molar-refractivity contribution is 5.96. The summed E-state index contributed by atoms with van der Waals surface area (Å²) < 4.78 is 6.36. The molecule has 3 heterocycles. The number of para-hydroxylation sites is 1. The summed E-state index contributed by atoms with van der Waals surface area (Å²) >= 11 is 0. The van der Waals surface area contributed by atoms with Crippen LogP contribution in [0.15, 0.2) is 79.0 Å². The van der Waals surface area contributed by atoms with E-state index in [4.69, 9.17) is 4.74 Å². The third-order valence-corrected chi connectivity index (χ3v) is 8.65. The maximum atomic E-state index is 14.2. The molecule has 9 heteroatoms. The number of ether oxygens (including phenoxy) is 1. The quantitative estimate of drug-likeness (QED) is 0.387. The highest BCUT2D eigenvalue weighted by atomic mass is 16.5. The molecule has 6 rings (SSSR count). The Morgan fingerprint density at radius 1 is 1.05 bits per heavy atom. The van der Waals surface area contributed by atoms with Crippen molar-refractivity contribution in [1.82, 2.24) is 15.2 Å². The number of benzene rings is 2. The van der Waals surface area contributed by atoms with Crippen molar-refractivity contribution in [1.29, 1.82) is 0 Å². The van der Waals surface area contributed by atoms with Crippen molar-refractivity contribution in [3.05, 3.63) is 79.0 Å². The minimum atomic E-state index is -1.35. The Bertz CT molecular complexity index is 1490. The average molecular weight is 569 g/mol. The first-order chi connectivity index (χ1) is 20.4. The predicted octanol–water partition coefficient (Wildman–Crippen LogP) is 4.54. The minimum absolute atomic E-state index is 0.193. The molecule has 1 saturated carbocycles. The van der Waals surface area contributed by atoms with E-state index in [-0.39, 0.29) is 24.8 Å². The van der Waals surface area contributed by atoms with E-state index < -0.39 is 35.6 Å². The number of anilines is 1. The molecule has 218 valence electrons. The number of rotatable bonds is 5. The summed E-state index contributed by atoms with van der Waals surface area (Å²) in [7, 11) is 0. The van der Waals surface area contributed by atoms with Crippen LogP contribution >= 0.6 is 0 Å². The molecule has 3 N–H and O–H groups in total. The standard InChI is InChI=1S/C33H36N4O5/c38-29-28-19-25(42-30-26-15-10-9-11-22(26)17-18-34-30)21-37(28)31(39)27(35-24-13-6-4-7-14-24)16-8-3-1-2-5-12-23-20-33(23,36-29)32(40)41/h4-7,9-15,17-18,23,25,27-28,35H,1-3,8,16,19-21H2,(H,36,38)(H,40,41)/t23-,25-,27+,28+,33-/m1/s1. The van der Waals surface area contributed by atoms with Gasteiger partial charge in [-0.25, -0.2) is 9.78 Å². The number of allylic oxidation sites excluding steroid dienone is 1. The van der Waals surface area contributed by atoms with Crippen LogP contribution in [0, 0.1) is 5.92 Å². The number of carbonyl (C=O) groups is 3. The summed E-state index contributed by atoms with van der Waals surface area (Å²) in [6.45, 7) is 0.193. The fourth-order valence-electron chi connectivity index (χ4n) is 6.23. The Balaban J connectivity index is 1.30. The second-order valence-corrected chi connectivity index (χ2v) is 11.5. The van der Waals surface area contributed by atoms with Crippen LogP contribution in [0.4, 0.5) is 5.69 Å². The number of amides is 2. The van der Waals surface area contributed by atoms with Gasteiger partial charge < -0.3 is 25.4 Å². The van der Waals surface area contributed by atoms with Crippen molar-refractivity contribution in [2.45, 2.75) is 68.7 Å². The summed E-state index contributed by atoms with van der Waals surface area (Å²) in [5.74, 6) is -1.54. The monoisotopic (exact) mass is 568 g/mol. The number of hydrogen-bond acceptors (Lipinski definition) is 6. The maximum absolute atomic E-state index is 14.2. The lowest BCUT2D eigenvalue weighted by atomic mass is 10.0. The van der Waals surface area contributed by atoms with E-state index in [1.807, 2.05) is 72.8 Å². The van der Waals surface area contributed by atoms with Gasteiger partial charge in [0.05, 0.1) is 6.54 Å². The molecule has 2 amide bonds. The van der Waals surface area contributed by atoms with Crippen molar-refractivity contribution in [2.75, 3.05) is 11.9 Å². The zero-order valence-corrected chi connectivity index (χ0v) is 23.4. The Hall–Kier alpha value is -4.40. The Morgan fingerprint density at radius 2 is 1.86 bits per heavy atom. The second-order valence-electron chi connectivity index (χ2n) is 11.5. The zero-order valence-electron chi connectivity index (χ0n) is 23.4. The number of hydrogen-bond donors (Lipinski definition) is 3. The van der Waals surface area contributed by atoms with E-state index in [0.717, 1.165) is 42.1 Å². The summed E-state index contributed by atoms with van der Waals surface area (Å²) in [5, 5.41) is 18.1. The number of nitrogens with one attached hydrogen (secondary N) is 2. The van der Waals surface area contributed by atoms with Crippen molar-refractivity contribution in [3.63, 3.8) is 0 Å². The molecule has 2 aliphatic heterocycles. The van der Waals surface area contributed by atoms with Gasteiger partial charge in [0.1, 0.15) is 23.7 Å². The van der Waals surface area contributed by atoms with Gasteiger partial charge in [-0.2, -0.15) is 0 Å². The highest BCUT2D eigenvalue weighted by Gasteiger charge is 2.61. The molecule has 0 radical (unpaired) electrons. The van der Waals surface area contributed by atoms with Crippen molar-refractivity contribution >= 4 is 34.2 Å². The summed E-state index contributed by atoms with van der Waals surface area (Å²) in [4.78, 5) is 46.4. The number of fused-ring (bicyclic) bond motifs is 3. The molecular formula is C33H36N4O5. The molecule has 3 aliphatic rings. The lowest BCUT2D eigenvalue weighted by Gasteiger charge is -2.30. The average Bonchev–Trinajstić information content (AvgIpc) is 3.53. The molecule has 0 unspecified atom stereocenters. The summed E-state index contributed by atoms with van der Waals surface area (Å²) in [6, 6.07) is 17.8. The Labute approximate surface area is 245 Å². The fourth-order valence-corrected chi connectivity index (χ4v) is 6.23. The number of pyridine rings is 1. The van der Waals surface area contributed by atoms with Gasteiger partial charge >= 0.3 is 5.97 Å². The summed E-state index contributed by atoms with van der Waals surface area (Å²) in [6.07, 6.45) is 9.88. The topological polar surface area (TPSA) is 121 Å². The third kappa shape index (κ3) is 5.68. The lowest BCUT2D eigenvalue weighted by molar-refractivity contribution is -0.145. The van der Waals surface area contributed by atoms with Gasteiger partial charge in [0, 0.05) is 29.6 Å². The largest absolute Gasteiger partial charge is 0.479 e. The maximum Gasteiger partial charge on any atom is 0.330 e. The number of aromatic nitrogens is 1. The molecule has 9 nitrogen and oxygen atoms in total. The fraction of sp³-hybridized carbons (Fsp3) is 0.394. The lowest BCUT2D eigenvalue weighted by Crippen LogP contribution is -2.55. The van der Waals surface area contributed by atoms with Gasteiger partial charge in [-0.1, -0.05) is 61.4 Å². The van der Waals surface area contributed by atoms with E-state index in [9.17, 15) is 19.5 Å². The van der Waals surface area contributed by atoms with Gasteiger partial charge in [-0.3, -0.25) is 9.59 Å².